The molecule has 0 saturated heterocycles. The first-order valence-electron chi connectivity index (χ1n) is 15.0. The van der Waals surface area contributed by atoms with E-state index in [1.165, 1.54) is 0 Å². The van der Waals surface area contributed by atoms with Crippen molar-refractivity contribution in [1.82, 2.24) is 9.97 Å². The van der Waals surface area contributed by atoms with Crippen molar-refractivity contribution in [2.45, 2.75) is 26.1 Å². The zero-order valence-corrected chi connectivity index (χ0v) is 26.8. The van der Waals surface area contributed by atoms with Gasteiger partial charge in [-0.25, -0.2) is 9.97 Å². The number of fused-ring (bicyclic) bond motifs is 2. The molecule has 1 atom stereocenters. The van der Waals surface area contributed by atoms with Crippen molar-refractivity contribution in [3.8, 4) is 33.8 Å². The van der Waals surface area contributed by atoms with Gasteiger partial charge in [0.2, 0.25) is 0 Å². The second-order valence-electron chi connectivity index (χ2n) is 11.1. The van der Waals surface area contributed by atoms with E-state index in [0.717, 1.165) is 71.8 Å². The van der Waals surface area contributed by atoms with Crippen LogP contribution in [0.15, 0.2) is 127 Å². The Balaban J connectivity index is 0.00000386. The number of thiophene rings is 1. The van der Waals surface area contributed by atoms with E-state index in [4.69, 9.17) is 19.4 Å². The summed E-state index contributed by atoms with van der Waals surface area (Å²) in [4.78, 5) is 22.8. The number of hydrogen-bond donors (Lipinski definition) is 1. The molecule has 8 heteroatoms. The fourth-order valence-corrected chi connectivity index (χ4v) is 6.83. The van der Waals surface area contributed by atoms with Crippen molar-refractivity contribution in [3.63, 3.8) is 0 Å². The SMILES string of the molecule is CC(C(=O)S)c1scc(-c2ccc(OCc3ccc4ccccc4n3)cc2)c1-c1ccc(OCc2ccc3ccccc3n2)cc1.[NaH]. The van der Waals surface area contributed by atoms with Crippen LogP contribution in [0.5, 0.6) is 11.5 Å². The van der Waals surface area contributed by atoms with Gasteiger partial charge < -0.3 is 9.47 Å². The summed E-state index contributed by atoms with van der Waals surface area (Å²) in [6.45, 7) is 2.65. The molecule has 0 spiro atoms. The molecule has 0 aliphatic heterocycles. The van der Waals surface area contributed by atoms with Gasteiger partial charge in [-0.2, -0.15) is 0 Å². The van der Waals surface area contributed by atoms with Crippen LogP contribution in [0.25, 0.3) is 44.1 Å². The van der Waals surface area contributed by atoms with Gasteiger partial charge >= 0.3 is 29.6 Å². The Morgan fingerprint density at radius 3 is 1.68 bits per heavy atom. The van der Waals surface area contributed by atoms with E-state index in [1.54, 1.807) is 11.3 Å². The zero-order valence-electron chi connectivity index (χ0n) is 25.1. The van der Waals surface area contributed by atoms with Gasteiger partial charge in [-0.1, -0.05) is 72.8 Å². The fourth-order valence-electron chi connectivity index (χ4n) is 5.45. The summed E-state index contributed by atoms with van der Waals surface area (Å²) in [7, 11) is 0. The van der Waals surface area contributed by atoms with E-state index in [0.29, 0.717) is 13.2 Å². The summed E-state index contributed by atoms with van der Waals surface area (Å²) in [6.07, 6.45) is 0. The predicted molar refractivity (Wildman–Crippen MR) is 197 cm³/mol. The van der Waals surface area contributed by atoms with Crippen molar-refractivity contribution in [2.75, 3.05) is 0 Å². The number of benzene rings is 4. The monoisotopic (exact) mass is 662 g/mol. The Hall–Kier alpha value is -3.98. The molecule has 7 aromatic rings. The van der Waals surface area contributed by atoms with Crippen molar-refractivity contribution in [2.24, 2.45) is 0 Å². The number of nitrogens with zero attached hydrogens (tertiary/aromatic N) is 2. The van der Waals surface area contributed by atoms with Crippen molar-refractivity contribution < 1.29 is 14.3 Å². The molecule has 0 N–H and O–H groups in total. The van der Waals surface area contributed by atoms with Crippen LogP contribution in [-0.4, -0.2) is 44.6 Å². The number of hydrogen-bond acceptors (Lipinski definition) is 6. The Morgan fingerprint density at radius 1 is 0.681 bits per heavy atom. The molecule has 5 nitrogen and oxygen atoms in total. The number of ether oxygens (including phenoxy) is 2. The molecule has 4 aromatic carbocycles. The molecule has 0 saturated carbocycles. The Kier molecular flexibility index (Phi) is 10.4. The van der Waals surface area contributed by atoms with Crippen LogP contribution in [0.2, 0.25) is 0 Å². The molecular formula is C39H31N2NaO3S2. The molecule has 0 aliphatic carbocycles. The maximum atomic E-state index is 12.4. The van der Waals surface area contributed by atoms with Crippen LogP contribution in [0.1, 0.15) is 29.1 Å². The standard InChI is InChI=1S/C39H30N2O3S2.Na.H/c1-25(39(42)45)38-37(29-14-20-33(21-15-29)44-23-31-17-11-28-7-3-5-9-36(28)41-31)34(24-46-38)26-12-18-32(19-13-26)43-22-30-16-10-27-6-2-4-8-35(27)40-30;;/h2-21,24-25H,22-23H2,1H3,(H,42,45);;. The number of para-hydroxylation sites is 2. The van der Waals surface area contributed by atoms with Gasteiger partial charge in [-0.3, -0.25) is 4.79 Å². The first-order valence-corrected chi connectivity index (χ1v) is 16.3. The van der Waals surface area contributed by atoms with E-state index in [2.05, 4.69) is 48.3 Å². The topological polar surface area (TPSA) is 61.3 Å². The molecule has 47 heavy (non-hydrogen) atoms. The first-order chi connectivity index (χ1) is 22.5. The van der Waals surface area contributed by atoms with Gasteiger partial charge in [0.1, 0.15) is 24.7 Å². The molecule has 7 rings (SSSR count). The molecular weight excluding hydrogens is 632 g/mol. The molecule has 1 unspecified atom stereocenters. The average Bonchev–Trinajstić information content (AvgIpc) is 3.55. The first kappa shape index (κ1) is 32.9. The molecule has 0 bridgehead atoms. The van der Waals surface area contributed by atoms with E-state index < -0.39 is 0 Å². The summed E-state index contributed by atoms with van der Waals surface area (Å²) in [6, 6.07) is 40.3. The van der Waals surface area contributed by atoms with Crippen molar-refractivity contribution in [3.05, 3.63) is 143 Å². The van der Waals surface area contributed by atoms with Gasteiger partial charge in [-0.05, 0) is 72.0 Å². The molecule has 0 aliphatic rings. The minimum absolute atomic E-state index is 0. The van der Waals surface area contributed by atoms with Gasteiger partial charge in [0, 0.05) is 26.8 Å². The van der Waals surface area contributed by atoms with Crippen molar-refractivity contribution >= 4 is 80.4 Å². The number of thiol groups is 1. The molecule has 0 amide bonds. The number of carbonyl (C=O) groups excluding carboxylic acids is 1. The molecule has 228 valence electrons. The Bertz CT molecular complexity index is 2160. The summed E-state index contributed by atoms with van der Waals surface area (Å²) in [5, 5.41) is 4.16. The Labute approximate surface area is 305 Å². The molecule has 0 fully saturated rings. The molecule has 0 radical (unpaired) electrons. The van der Waals surface area contributed by atoms with Crippen LogP contribution >= 0.6 is 24.0 Å². The number of rotatable bonds is 10. The number of pyridine rings is 2. The van der Waals surface area contributed by atoms with Crippen LogP contribution in [0.4, 0.5) is 0 Å². The maximum absolute atomic E-state index is 12.4. The van der Waals surface area contributed by atoms with Gasteiger partial charge in [-0.15, -0.1) is 24.0 Å². The average molecular weight is 663 g/mol. The summed E-state index contributed by atoms with van der Waals surface area (Å²) < 4.78 is 12.2. The predicted octanol–water partition coefficient (Wildman–Crippen LogP) is 9.25. The van der Waals surface area contributed by atoms with Gasteiger partial charge in [0.05, 0.1) is 28.3 Å². The zero-order chi connectivity index (χ0) is 31.5. The molecule has 3 heterocycles. The number of aromatic nitrogens is 2. The van der Waals surface area contributed by atoms with E-state index in [9.17, 15) is 4.79 Å². The van der Waals surface area contributed by atoms with Gasteiger partial charge in [0.25, 0.3) is 0 Å². The van der Waals surface area contributed by atoms with Gasteiger partial charge in [0.15, 0.2) is 5.12 Å². The second kappa shape index (κ2) is 14.8. The Morgan fingerprint density at radius 2 is 1.17 bits per heavy atom. The number of carbonyl (C=O) groups is 1. The van der Waals surface area contributed by atoms with Crippen molar-refractivity contribution in [1.29, 1.82) is 0 Å². The van der Waals surface area contributed by atoms with Crippen LogP contribution in [-0.2, 0) is 18.0 Å². The normalized spacial score (nSPS) is 11.6. The van der Waals surface area contributed by atoms with Crippen LogP contribution in [0, 0.1) is 0 Å². The summed E-state index contributed by atoms with van der Waals surface area (Å²) in [5.74, 6) is 1.17. The van der Waals surface area contributed by atoms with E-state index in [1.807, 2.05) is 97.9 Å². The second-order valence-corrected chi connectivity index (χ2v) is 12.4. The fraction of sp³-hybridized carbons (Fsp3) is 0.103. The minimum atomic E-state index is -0.343. The van der Waals surface area contributed by atoms with E-state index >= 15 is 0 Å². The quantitative estimate of drug-likeness (QED) is 0.117. The van der Waals surface area contributed by atoms with Crippen LogP contribution < -0.4 is 9.47 Å². The third-order valence-corrected chi connectivity index (χ3v) is 9.53. The summed E-state index contributed by atoms with van der Waals surface area (Å²) in [5.41, 5.74) is 7.77. The van der Waals surface area contributed by atoms with Crippen LogP contribution in [0.3, 0.4) is 0 Å². The van der Waals surface area contributed by atoms with E-state index in [-0.39, 0.29) is 40.6 Å². The molecule has 3 aromatic heterocycles. The summed E-state index contributed by atoms with van der Waals surface area (Å²) >= 11 is 5.75. The third-order valence-electron chi connectivity index (χ3n) is 7.98. The third kappa shape index (κ3) is 7.45.